The molecule has 0 aliphatic carbocycles. The number of hydrogen-bond donors (Lipinski definition) is 1. The molecule has 0 saturated heterocycles. The Hall–Kier alpha value is -2.74. The van der Waals surface area contributed by atoms with E-state index in [2.05, 4.69) is 15.5 Å². The van der Waals surface area contributed by atoms with Crippen LogP contribution in [0.4, 0.5) is 14.5 Å². The van der Waals surface area contributed by atoms with Crippen molar-refractivity contribution in [1.29, 1.82) is 0 Å². The molecule has 1 unspecified atom stereocenters. The van der Waals surface area contributed by atoms with Crippen molar-refractivity contribution >= 4 is 23.4 Å². The maximum Gasteiger partial charge on any atom is 0.237 e. The molecule has 1 amide bonds. The number of halogens is 2. The van der Waals surface area contributed by atoms with E-state index < -0.39 is 22.8 Å². The van der Waals surface area contributed by atoms with Gasteiger partial charge in [-0.2, -0.15) is 0 Å². The van der Waals surface area contributed by atoms with Gasteiger partial charge in [0, 0.05) is 18.7 Å². The smallest absolute Gasteiger partial charge is 0.237 e. The highest BCUT2D eigenvalue weighted by Gasteiger charge is 2.20. The number of rotatable bonds is 5. The van der Waals surface area contributed by atoms with Crippen LogP contribution in [0.2, 0.25) is 0 Å². The van der Waals surface area contributed by atoms with Crippen molar-refractivity contribution in [3.8, 4) is 11.4 Å². The zero-order chi connectivity index (χ0) is 18.7. The first-order valence-corrected chi connectivity index (χ1v) is 8.71. The van der Waals surface area contributed by atoms with E-state index in [9.17, 15) is 13.6 Å². The molecule has 0 radical (unpaired) electrons. The normalized spacial score (nSPS) is 12.0. The van der Waals surface area contributed by atoms with Crippen molar-refractivity contribution in [3.63, 3.8) is 0 Å². The molecule has 0 aliphatic heterocycles. The zero-order valence-corrected chi connectivity index (χ0v) is 14.9. The highest BCUT2D eigenvalue weighted by molar-refractivity contribution is 8.00. The van der Waals surface area contributed by atoms with Crippen LogP contribution >= 0.6 is 11.8 Å². The molecule has 3 rings (SSSR count). The molecule has 0 aliphatic rings. The lowest BCUT2D eigenvalue weighted by Crippen LogP contribution is -2.23. The fraction of sp³-hybridized carbons (Fsp3) is 0.167. The van der Waals surface area contributed by atoms with Crippen molar-refractivity contribution in [1.82, 2.24) is 14.8 Å². The number of thioether (sulfide) groups is 1. The van der Waals surface area contributed by atoms with Gasteiger partial charge in [0.2, 0.25) is 5.91 Å². The Bertz CT molecular complexity index is 930. The Balaban J connectivity index is 1.71. The van der Waals surface area contributed by atoms with Crippen LogP contribution in [0, 0.1) is 11.6 Å². The van der Waals surface area contributed by atoms with Crippen LogP contribution < -0.4 is 5.32 Å². The minimum absolute atomic E-state index is 0.0632. The molecular weight excluding hydrogens is 358 g/mol. The van der Waals surface area contributed by atoms with Gasteiger partial charge < -0.3 is 9.88 Å². The minimum atomic E-state index is -0.819. The number of hydrogen-bond acceptors (Lipinski definition) is 4. The van der Waals surface area contributed by atoms with Gasteiger partial charge in [0.1, 0.15) is 11.6 Å². The lowest BCUT2D eigenvalue weighted by molar-refractivity contribution is -0.115. The Morgan fingerprint density at radius 3 is 2.58 bits per heavy atom. The van der Waals surface area contributed by atoms with E-state index in [1.807, 2.05) is 37.4 Å². The molecule has 1 heterocycles. The quantitative estimate of drug-likeness (QED) is 0.689. The topological polar surface area (TPSA) is 59.8 Å². The molecule has 1 atom stereocenters. The molecule has 0 spiro atoms. The van der Waals surface area contributed by atoms with E-state index in [0.29, 0.717) is 11.0 Å². The van der Waals surface area contributed by atoms with Gasteiger partial charge >= 0.3 is 0 Å². The Morgan fingerprint density at radius 1 is 1.15 bits per heavy atom. The first-order valence-electron chi connectivity index (χ1n) is 7.83. The summed E-state index contributed by atoms with van der Waals surface area (Å²) in [4.78, 5) is 12.3. The molecule has 134 valence electrons. The van der Waals surface area contributed by atoms with Crippen molar-refractivity contribution in [3.05, 3.63) is 60.2 Å². The predicted octanol–water partition coefficient (Wildman–Crippen LogP) is 3.88. The Morgan fingerprint density at radius 2 is 1.88 bits per heavy atom. The van der Waals surface area contributed by atoms with Crippen molar-refractivity contribution < 1.29 is 13.6 Å². The summed E-state index contributed by atoms with van der Waals surface area (Å²) in [7, 11) is 1.81. The summed E-state index contributed by atoms with van der Waals surface area (Å²) in [5.41, 5.74) is 0.853. The molecule has 26 heavy (non-hydrogen) atoms. The number of carbonyl (C=O) groups excluding carboxylic acids is 1. The summed E-state index contributed by atoms with van der Waals surface area (Å²) < 4.78 is 28.4. The Labute approximate surface area is 153 Å². The molecule has 3 aromatic rings. The van der Waals surface area contributed by atoms with Crippen LogP contribution in [0.25, 0.3) is 11.4 Å². The molecule has 1 N–H and O–H groups in total. The van der Waals surface area contributed by atoms with Gasteiger partial charge in [-0.3, -0.25) is 4.79 Å². The van der Waals surface area contributed by atoms with E-state index >= 15 is 0 Å². The van der Waals surface area contributed by atoms with E-state index in [-0.39, 0.29) is 5.69 Å². The number of anilines is 1. The summed E-state index contributed by atoms with van der Waals surface area (Å²) in [5, 5.41) is 10.8. The van der Waals surface area contributed by atoms with E-state index in [1.165, 1.54) is 17.8 Å². The standard InChI is InChI=1S/C18H16F2N4OS/c1-11(17(25)21-15-9-8-13(19)10-14(15)20)26-18-23-22-16(24(18)2)12-6-4-3-5-7-12/h3-11H,1-2H3,(H,21,25). The van der Waals surface area contributed by atoms with Crippen LogP contribution in [-0.4, -0.2) is 25.9 Å². The first kappa shape index (κ1) is 18.1. The molecule has 8 heteroatoms. The largest absolute Gasteiger partial charge is 0.323 e. The lowest BCUT2D eigenvalue weighted by atomic mass is 10.2. The van der Waals surface area contributed by atoms with E-state index in [1.54, 1.807) is 11.5 Å². The highest BCUT2D eigenvalue weighted by atomic mass is 32.2. The molecule has 0 saturated carbocycles. The number of amides is 1. The van der Waals surface area contributed by atoms with Crippen molar-refractivity contribution in [2.75, 3.05) is 5.32 Å². The fourth-order valence-corrected chi connectivity index (χ4v) is 3.11. The second-order valence-electron chi connectivity index (χ2n) is 5.60. The van der Waals surface area contributed by atoms with Gasteiger partial charge in [0.05, 0.1) is 10.9 Å². The third-order valence-electron chi connectivity index (χ3n) is 3.71. The molecular formula is C18H16F2N4OS. The highest BCUT2D eigenvalue weighted by Crippen LogP contribution is 2.26. The third kappa shape index (κ3) is 3.91. The van der Waals surface area contributed by atoms with Crippen molar-refractivity contribution in [2.24, 2.45) is 7.05 Å². The average Bonchev–Trinajstić information content (AvgIpc) is 2.98. The summed E-state index contributed by atoms with van der Waals surface area (Å²) >= 11 is 1.20. The monoisotopic (exact) mass is 374 g/mol. The molecule has 2 aromatic carbocycles. The van der Waals surface area contributed by atoms with E-state index in [0.717, 1.165) is 17.7 Å². The van der Waals surface area contributed by atoms with Gasteiger partial charge in [0.15, 0.2) is 11.0 Å². The average molecular weight is 374 g/mol. The number of nitrogens with zero attached hydrogens (tertiary/aromatic N) is 3. The lowest BCUT2D eigenvalue weighted by Gasteiger charge is -2.12. The van der Waals surface area contributed by atoms with Crippen LogP contribution in [0.3, 0.4) is 0 Å². The minimum Gasteiger partial charge on any atom is -0.323 e. The summed E-state index contributed by atoms with van der Waals surface area (Å²) in [5.74, 6) is -1.24. The SMILES string of the molecule is CC(Sc1nnc(-c2ccccc2)n1C)C(=O)Nc1ccc(F)cc1F. The summed E-state index contributed by atoms with van der Waals surface area (Å²) in [6.07, 6.45) is 0. The summed E-state index contributed by atoms with van der Waals surface area (Å²) in [6, 6.07) is 12.6. The molecule has 1 aromatic heterocycles. The number of nitrogens with one attached hydrogen (secondary N) is 1. The van der Waals surface area contributed by atoms with Crippen LogP contribution in [0.15, 0.2) is 53.7 Å². The maximum absolute atomic E-state index is 13.7. The van der Waals surface area contributed by atoms with Crippen LogP contribution in [0.5, 0.6) is 0 Å². The van der Waals surface area contributed by atoms with E-state index in [4.69, 9.17) is 0 Å². The molecule has 0 bridgehead atoms. The van der Waals surface area contributed by atoms with Crippen molar-refractivity contribution in [2.45, 2.75) is 17.3 Å². The predicted molar refractivity (Wildman–Crippen MR) is 96.7 cm³/mol. The van der Waals surface area contributed by atoms with Crippen LogP contribution in [-0.2, 0) is 11.8 Å². The third-order valence-corrected chi connectivity index (χ3v) is 4.84. The van der Waals surface area contributed by atoms with Crippen LogP contribution in [0.1, 0.15) is 6.92 Å². The first-order chi connectivity index (χ1) is 12.5. The maximum atomic E-state index is 13.7. The second kappa shape index (κ2) is 7.65. The van der Waals surface area contributed by atoms with Gasteiger partial charge in [0.25, 0.3) is 0 Å². The Kier molecular flexibility index (Phi) is 5.32. The van der Waals surface area contributed by atoms with Gasteiger partial charge in [-0.1, -0.05) is 42.1 Å². The second-order valence-corrected chi connectivity index (χ2v) is 6.91. The van der Waals surface area contributed by atoms with Gasteiger partial charge in [-0.15, -0.1) is 10.2 Å². The number of benzene rings is 2. The number of carbonyl (C=O) groups is 1. The molecule has 5 nitrogen and oxygen atoms in total. The van der Waals surface area contributed by atoms with Gasteiger partial charge in [-0.05, 0) is 19.1 Å². The van der Waals surface area contributed by atoms with Gasteiger partial charge in [-0.25, -0.2) is 8.78 Å². The summed E-state index contributed by atoms with van der Waals surface area (Å²) in [6.45, 7) is 1.68. The fourth-order valence-electron chi connectivity index (χ4n) is 2.29. The molecule has 0 fully saturated rings. The number of aromatic nitrogens is 3. The zero-order valence-electron chi connectivity index (χ0n) is 14.1.